The van der Waals surface area contributed by atoms with Crippen LogP contribution in [0.15, 0.2) is 40.8 Å². The number of nitrogens with zero attached hydrogens (tertiary/aromatic N) is 3. The van der Waals surface area contributed by atoms with E-state index in [0.717, 1.165) is 28.2 Å². The topological polar surface area (TPSA) is 47.2 Å². The summed E-state index contributed by atoms with van der Waals surface area (Å²) in [4.78, 5) is 21.3. The molecular weight excluding hydrogens is 302 g/mol. The van der Waals surface area contributed by atoms with Crippen molar-refractivity contribution in [3.8, 4) is 0 Å². The predicted molar refractivity (Wildman–Crippen MR) is 86.4 cm³/mol. The molecule has 0 aliphatic heterocycles. The first-order valence-corrected chi connectivity index (χ1v) is 8.44. The number of benzene rings is 1. The molecule has 0 spiro atoms. The van der Waals surface area contributed by atoms with Crippen LogP contribution in [0.25, 0.3) is 10.2 Å². The number of aromatic nitrogens is 2. The molecule has 108 valence electrons. The standard InChI is InChI=1S/C15H15N3OS2/c1-18-9-10-20-15(18)17-13(19)7-4-8-14-16-11-5-2-3-6-12(11)21-14/h2-3,5-6,9-10H,4,7-8H2,1H3. The molecule has 1 aromatic carbocycles. The van der Waals surface area contributed by atoms with Gasteiger partial charge in [0.1, 0.15) is 0 Å². The number of amides is 1. The normalized spacial score (nSPS) is 12.1. The lowest BCUT2D eigenvalue weighted by Gasteiger charge is -1.94. The molecule has 3 aromatic rings. The van der Waals surface area contributed by atoms with Crippen LogP contribution in [0.3, 0.4) is 0 Å². The predicted octanol–water partition coefficient (Wildman–Crippen LogP) is 3.15. The summed E-state index contributed by atoms with van der Waals surface area (Å²) in [5.41, 5.74) is 1.04. The van der Waals surface area contributed by atoms with E-state index in [9.17, 15) is 4.79 Å². The first-order chi connectivity index (χ1) is 10.2. The third-order valence-electron chi connectivity index (χ3n) is 3.10. The molecule has 2 aromatic heterocycles. The molecule has 21 heavy (non-hydrogen) atoms. The third kappa shape index (κ3) is 3.46. The highest BCUT2D eigenvalue weighted by Crippen LogP contribution is 2.22. The number of aryl methyl sites for hydroxylation is 2. The molecule has 4 nitrogen and oxygen atoms in total. The Kier molecular flexibility index (Phi) is 4.26. The average Bonchev–Trinajstić information content (AvgIpc) is 3.05. The van der Waals surface area contributed by atoms with Crippen LogP contribution in [-0.4, -0.2) is 15.5 Å². The van der Waals surface area contributed by atoms with Gasteiger partial charge in [-0.15, -0.1) is 22.7 Å². The van der Waals surface area contributed by atoms with Gasteiger partial charge in [0.05, 0.1) is 15.2 Å². The Labute approximate surface area is 130 Å². The van der Waals surface area contributed by atoms with Crippen molar-refractivity contribution in [2.45, 2.75) is 19.3 Å². The summed E-state index contributed by atoms with van der Waals surface area (Å²) in [6, 6.07) is 8.11. The Bertz CT molecular complexity index is 795. The molecule has 0 fully saturated rings. The highest BCUT2D eigenvalue weighted by atomic mass is 32.1. The lowest BCUT2D eigenvalue weighted by molar-refractivity contribution is -0.118. The van der Waals surface area contributed by atoms with Gasteiger partial charge in [0.25, 0.3) is 0 Å². The molecule has 0 bridgehead atoms. The number of carbonyl (C=O) groups excluding carboxylic acids is 1. The summed E-state index contributed by atoms with van der Waals surface area (Å²) in [7, 11) is 1.89. The Morgan fingerprint density at radius 2 is 2.24 bits per heavy atom. The summed E-state index contributed by atoms with van der Waals surface area (Å²) in [5, 5.41) is 3.01. The molecule has 2 heterocycles. The van der Waals surface area contributed by atoms with E-state index in [1.54, 1.807) is 11.3 Å². The minimum Gasteiger partial charge on any atom is -0.327 e. The highest BCUT2D eigenvalue weighted by Gasteiger charge is 2.05. The van der Waals surface area contributed by atoms with Crippen molar-refractivity contribution in [1.82, 2.24) is 9.55 Å². The summed E-state index contributed by atoms with van der Waals surface area (Å²) < 4.78 is 3.06. The van der Waals surface area contributed by atoms with Gasteiger partial charge in [-0.1, -0.05) is 12.1 Å². The maximum atomic E-state index is 11.8. The molecule has 0 N–H and O–H groups in total. The molecule has 0 unspecified atom stereocenters. The SMILES string of the molecule is Cn1ccsc1=NC(=O)CCCc1nc2ccccc2s1. The maximum absolute atomic E-state index is 11.8. The molecule has 0 saturated carbocycles. The zero-order chi connectivity index (χ0) is 14.7. The minimum absolute atomic E-state index is 0.0610. The first-order valence-electron chi connectivity index (χ1n) is 6.74. The van der Waals surface area contributed by atoms with Crippen LogP contribution in [0.4, 0.5) is 0 Å². The van der Waals surface area contributed by atoms with E-state index in [-0.39, 0.29) is 5.91 Å². The Hall–Kier alpha value is -1.79. The van der Waals surface area contributed by atoms with E-state index >= 15 is 0 Å². The van der Waals surface area contributed by atoms with E-state index in [2.05, 4.69) is 16.0 Å². The molecule has 0 atom stereocenters. The minimum atomic E-state index is -0.0610. The molecular formula is C15H15N3OS2. The fraction of sp³-hybridized carbons (Fsp3) is 0.267. The van der Waals surface area contributed by atoms with Crippen LogP contribution in [0.5, 0.6) is 0 Å². The molecule has 0 aliphatic carbocycles. The van der Waals surface area contributed by atoms with Gasteiger partial charge in [0, 0.05) is 25.0 Å². The number of fused-ring (bicyclic) bond motifs is 1. The summed E-state index contributed by atoms with van der Waals surface area (Å²) in [6.45, 7) is 0. The summed E-state index contributed by atoms with van der Waals surface area (Å²) in [5.74, 6) is -0.0610. The van der Waals surface area contributed by atoms with Crippen LogP contribution in [0.2, 0.25) is 0 Å². The van der Waals surface area contributed by atoms with Gasteiger partial charge < -0.3 is 4.57 Å². The number of carbonyl (C=O) groups is 1. The third-order valence-corrected chi connectivity index (χ3v) is 5.04. The summed E-state index contributed by atoms with van der Waals surface area (Å²) in [6.07, 6.45) is 3.99. The van der Waals surface area contributed by atoms with Crippen molar-refractivity contribution in [3.63, 3.8) is 0 Å². The Balaban J connectivity index is 1.59. The zero-order valence-electron chi connectivity index (χ0n) is 11.7. The van der Waals surface area contributed by atoms with Crippen molar-refractivity contribution >= 4 is 38.8 Å². The molecule has 3 rings (SSSR count). The highest BCUT2D eigenvalue weighted by molar-refractivity contribution is 7.18. The molecule has 0 saturated heterocycles. The van der Waals surface area contributed by atoms with E-state index < -0.39 is 0 Å². The van der Waals surface area contributed by atoms with E-state index in [1.807, 2.05) is 41.4 Å². The molecule has 0 aliphatic rings. The molecule has 1 amide bonds. The number of hydrogen-bond donors (Lipinski definition) is 0. The Morgan fingerprint density at radius 3 is 3.00 bits per heavy atom. The van der Waals surface area contributed by atoms with Crippen LogP contribution in [0, 0.1) is 0 Å². The average molecular weight is 317 g/mol. The van der Waals surface area contributed by atoms with Crippen LogP contribution in [-0.2, 0) is 18.3 Å². The monoisotopic (exact) mass is 317 g/mol. The number of para-hydroxylation sites is 1. The van der Waals surface area contributed by atoms with Gasteiger partial charge in [-0.25, -0.2) is 4.98 Å². The number of hydrogen-bond acceptors (Lipinski definition) is 4. The van der Waals surface area contributed by atoms with E-state index in [4.69, 9.17) is 0 Å². The molecule has 6 heteroatoms. The van der Waals surface area contributed by atoms with E-state index in [0.29, 0.717) is 6.42 Å². The maximum Gasteiger partial charge on any atom is 0.248 e. The molecule has 0 radical (unpaired) electrons. The second kappa shape index (κ2) is 6.32. The first kappa shape index (κ1) is 14.2. The van der Waals surface area contributed by atoms with Crippen molar-refractivity contribution in [2.24, 2.45) is 12.0 Å². The van der Waals surface area contributed by atoms with Gasteiger partial charge in [-0.05, 0) is 25.0 Å². The fourth-order valence-corrected chi connectivity index (χ4v) is 3.77. The lowest BCUT2D eigenvalue weighted by atomic mass is 10.2. The second-order valence-corrected chi connectivity index (χ2v) is 6.72. The van der Waals surface area contributed by atoms with E-state index in [1.165, 1.54) is 16.0 Å². The second-order valence-electron chi connectivity index (χ2n) is 4.73. The van der Waals surface area contributed by atoms with Crippen molar-refractivity contribution in [2.75, 3.05) is 0 Å². The van der Waals surface area contributed by atoms with Crippen molar-refractivity contribution in [3.05, 3.63) is 45.7 Å². The van der Waals surface area contributed by atoms with Crippen molar-refractivity contribution in [1.29, 1.82) is 0 Å². The quantitative estimate of drug-likeness (QED) is 0.742. The largest absolute Gasteiger partial charge is 0.327 e. The van der Waals surface area contributed by atoms with Gasteiger partial charge in [0.2, 0.25) is 5.91 Å². The van der Waals surface area contributed by atoms with Crippen LogP contribution in [0.1, 0.15) is 17.8 Å². The van der Waals surface area contributed by atoms with Crippen LogP contribution < -0.4 is 4.80 Å². The smallest absolute Gasteiger partial charge is 0.248 e. The summed E-state index contributed by atoms with van der Waals surface area (Å²) >= 11 is 3.18. The van der Waals surface area contributed by atoms with Gasteiger partial charge in [-0.3, -0.25) is 4.79 Å². The van der Waals surface area contributed by atoms with Crippen LogP contribution >= 0.6 is 22.7 Å². The van der Waals surface area contributed by atoms with Gasteiger partial charge in [-0.2, -0.15) is 4.99 Å². The zero-order valence-corrected chi connectivity index (χ0v) is 13.3. The van der Waals surface area contributed by atoms with Crippen molar-refractivity contribution < 1.29 is 4.79 Å². The number of rotatable bonds is 4. The fourth-order valence-electron chi connectivity index (χ4n) is 2.01. The van der Waals surface area contributed by atoms with Gasteiger partial charge >= 0.3 is 0 Å². The number of thiazole rings is 2. The van der Waals surface area contributed by atoms with Gasteiger partial charge in [0.15, 0.2) is 4.80 Å². The lowest BCUT2D eigenvalue weighted by Crippen LogP contribution is -2.12. The Morgan fingerprint density at radius 1 is 1.38 bits per heavy atom.